The van der Waals surface area contributed by atoms with E-state index >= 15 is 0 Å². The normalized spacial score (nSPS) is 12.7. The molecule has 27 heavy (non-hydrogen) atoms. The molecule has 0 saturated carbocycles. The monoisotopic (exact) mass is 514 g/mol. The van der Waals surface area contributed by atoms with Crippen LogP contribution in [0.15, 0.2) is 23.2 Å². The van der Waals surface area contributed by atoms with Gasteiger partial charge in [-0.2, -0.15) is 0 Å². The maximum Gasteiger partial charge on any atom is 0.210 e. The Balaban J connectivity index is 0.00000676. The van der Waals surface area contributed by atoms with Gasteiger partial charge in [-0.1, -0.05) is 6.07 Å². The van der Waals surface area contributed by atoms with Gasteiger partial charge in [0.05, 0.1) is 31.6 Å². The smallest absolute Gasteiger partial charge is 0.210 e. The highest BCUT2D eigenvalue weighted by atomic mass is 127. The number of benzene rings is 1. The maximum atomic E-state index is 11.0. The van der Waals surface area contributed by atoms with Gasteiger partial charge in [-0.15, -0.1) is 24.0 Å². The number of sulfonamides is 1. The second kappa shape index (κ2) is 13.0. The minimum Gasteiger partial charge on any atom is -0.490 e. The lowest BCUT2D eigenvalue weighted by molar-refractivity contribution is 0.287. The van der Waals surface area contributed by atoms with Gasteiger partial charge in [0.15, 0.2) is 17.5 Å². The number of aliphatic imine (C=N–C) groups is 1. The third-order valence-electron chi connectivity index (χ3n) is 3.41. The molecular formula is C17H31IN4O4S. The summed E-state index contributed by atoms with van der Waals surface area (Å²) in [5.74, 6) is 1.72. The van der Waals surface area contributed by atoms with Gasteiger partial charge in [0.1, 0.15) is 0 Å². The Labute approximate surface area is 179 Å². The Kier molecular flexibility index (Phi) is 12.4. The number of hydrogen-bond acceptors (Lipinski definition) is 5. The van der Waals surface area contributed by atoms with E-state index in [9.17, 15) is 8.42 Å². The molecule has 0 aliphatic carbocycles. The highest BCUT2D eigenvalue weighted by Crippen LogP contribution is 2.30. The van der Waals surface area contributed by atoms with Crippen LogP contribution in [0.25, 0.3) is 0 Å². The van der Waals surface area contributed by atoms with Gasteiger partial charge in [0.2, 0.25) is 10.0 Å². The zero-order valence-electron chi connectivity index (χ0n) is 16.3. The van der Waals surface area contributed by atoms with Crippen LogP contribution in [0.1, 0.15) is 39.3 Å². The molecule has 156 valence electrons. The van der Waals surface area contributed by atoms with Crippen LogP contribution in [0.3, 0.4) is 0 Å². The van der Waals surface area contributed by atoms with E-state index in [1.807, 2.05) is 45.9 Å². The first kappa shape index (κ1) is 25.7. The quantitative estimate of drug-likeness (QED) is 0.250. The highest BCUT2D eigenvalue weighted by molar-refractivity contribution is 14.0. The first-order valence-electron chi connectivity index (χ1n) is 8.75. The van der Waals surface area contributed by atoms with Gasteiger partial charge in [-0.25, -0.2) is 13.6 Å². The van der Waals surface area contributed by atoms with Crippen molar-refractivity contribution in [2.45, 2.75) is 33.7 Å². The van der Waals surface area contributed by atoms with Crippen LogP contribution in [0.2, 0.25) is 0 Å². The van der Waals surface area contributed by atoms with E-state index in [0.29, 0.717) is 37.2 Å². The summed E-state index contributed by atoms with van der Waals surface area (Å²) in [6.45, 7) is 9.62. The van der Waals surface area contributed by atoms with Crippen LogP contribution in [-0.4, -0.2) is 46.4 Å². The first-order valence-corrected chi connectivity index (χ1v) is 10.5. The number of guanidine groups is 1. The molecule has 0 fully saturated rings. The predicted molar refractivity (Wildman–Crippen MR) is 120 cm³/mol. The number of rotatable bonds is 10. The summed E-state index contributed by atoms with van der Waals surface area (Å²) in [6.07, 6.45) is 0. The molecule has 0 saturated heterocycles. The van der Waals surface area contributed by atoms with E-state index < -0.39 is 10.0 Å². The second-order valence-corrected chi connectivity index (χ2v) is 7.30. The maximum absolute atomic E-state index is 11.0. The number of nitrogens with zero attached hydrogens (tertiary/aromatic N) is 1. The van der Waals surface area contributed by atoms with E-state index in [0.717, 1.165) is 5.56 Å². The molecule has 1 rings (SSSR count). The summed E-state index contributed by atoms with van der Waals surface area (Å²) in [6, 6.07) is 5.70. The third-order valence-corrected chi connectivity index (χ3v) is 4.16. The molecule has 8 nitrogen and oxygen atoms in total. The van der Waals surface area contributed by atoms with E-state index in [2.05, 4.69) is 15.6 Å². The van der Waals surface area contributed by atoms with Gasteiger partial charge in [0, 0.05) is 6.54 Å². The van der Waals surface area contributed by atoms with Gasteiger partial charge in [-0.3, -0.25) is 4.99 Å². The van der Waals surface area contributed by atoms with Crippen molar-refractivity contribution in [2.24, 2.45) is 10.1 Å². The fourth-order valence-electron chi connectivity index (χ4n) is 2.23. The van der Waals surface area contributed by atoms with Crippen LogP contribution in [0.4, 0.5) is 0 Å². The van der Waals surface area contributed by atoms with Crippen LogP contribution >= 0.6 is 24.0 Å². The molecular weight excluding hydrogens is 483 g/mol. The topological polar surface area (TPSA) is 115 Å². The van der Waals surface area contributed by atoms with Crippen LogP contribution < -0.4 is 25.2 Å². The predicted octanol–water partition coefficient (Wildman–Crippen LogP) is 2.01. The summed E-state index contributed by atoms with van der Waals surface area (Å²) in [5.41, 5.74) is 0.994. The van der Waals surface area contributed by atoms with Crippen molar-refractivity contribution in [3.8, 4) is 11.5 Å². The molecule has 0 aromatic heterocycles. The number of hydrogen-bond donors (Lipinski definition) is 3. The van der Waals surface area contributed by atoms with Crippen molar-refractivity contribution in [1.82, 2.24) is 10.6 Å². The summed E-state index contributed by atoms with van der Waals surface area (Å²) in [7, 11) is -3.53. The Hall–Kier alpha value is -1.27. The molecule has 0 aliphatic rings. The van der Waals surface area contributed by atoms with Crippen molar-refractivity contribution in [1.29, 1.82) is 0 Å². The second-order valence-electron chi connectivity index (χ2n) is 5.57. The Morgan fingerprint density at radius 1 is 1.19 bits per heavy atom. The van der Waals surface area contributed by atoms with Gasteiger partial charge < -0.3 is 20.1 Å². The largest absolute Gasteiger partial charge is 0.490 e. The van der Waals surface area contributed by atoms with E-state index in [1.54, 1.807) is 0 Å². The van der Waals surface area contributed by atoms with Crippen molar-refractivity contribution < 1.29 is 17.9 Å². The average Bonchev–Trinajstić information content (AvgIpc) is 2.55. The van der Waals surface area contributed by atoms with Crippen molar-refractivity contribution in [3.05, 3.63) is 23.8 Å². The number of ether oxygens (including phenoxy) is 2. The molecule has 0 bridgehead atoms. The summed E-state index contributed by atoms with van der Waals surface area (Å²) in [4.78, 5) is 4.25. The van der Waals surface area contributed by atoms with Gasteiger partial charge >= 0.3 is 0 Å². The van der Waals surface area contributed by atoms with Crippen molar-refractivity contribution >= 4 is 40.0 Å². The summed E-state index contributed by atoms with van der Waals surface area (Å²) >= 11 is 0. The minimum absolute atomic E-state index is 0. The Bertz CT molecular complexity index is 698. The molecule has 4 N–H and O–H groups in total. The lowest BCUT2D eigenvalue weighted by Crippen LogP contribution is -2.39. The summed E-state index contributed by atoms with van der Waals surface area (Å²) < 4.78 is 33.3. The molecule has 1 unspecified atom stereocenters. The first-order chi connectivity index (χ1) is 12.3. The van der Waals surface area contributed by atoms with Gasteiger partial charge in [-0.05, 0) is 45.4 Å². The fourth-order valence-corrected chi connectivity index (χ4v) is 2.58. The third kappa shape index (κ3) is 10.0. The SMILES string of the molecule is CCNC(=NCCS(N)(=O)=O)NC(C)c1ccc(OCC)c(OCC)c1.I. The molecule has 1 atom stereocenters. The molecule has 0 heterocycles. The van der Waals surface area contributed by atoms with E-state index in [4.69, 9.17) is 14.6 Å². The highest BCUT2D eigenvalue weighted by Gasteiger charge is 2.12. The Morgan fingerprint density at radius 3 is 2.37 bits per heavy atom. The van der Waals surface area contributed by atoms with E-state index in [-0.39, 0.29) is 42.3 Å². The summed E-state index contributed by atoms with van der Waals surface area (Å²) in [5, 5.41) is 11.3. The van der Waals surface area contributed by atoms with E-state index in [1.165, 1.54) is 0 Å². The Morgan fingerprint density at radius 2 is 1.81 bits per heavy atom. The minimum atomic E-state index is -3.53. The molecule has 0 amide bonds. The average molecular weight is 514 g/mol. The van der Waals surface area contributed by atoms with Crippen molar-refractivity contribution in [3.63, 3.8) is 0 Å². The van der Waals surface area contributed by atoms with Crippen LogP contribution in [0, 0.1) is 0 Å². The standard InChI is InChI=1S/C17H30N4O4S.HI/c1-5-19-17(20-10-11-26(18,22)23)21-13(4)14-8-9-15(24-6-2)16(12-14)25-7-3;/h8-9,12-13H,5-7,10-11H2,1-4H3,(H2,18,22,23)(H2,19,20,21);1H. The fraction of sp³-hybridized carbons (Fsp3) is 0.588. The molecule has 10 heteroatoms. The zero-order chi connectivity index (χ0) is 19.6. The molecule has 0 radical (unpaired) electrons. The molecule has 1 aromatic rings. The number of primary sulfonamides is 1. The lowest BCUT2D eigenvalue weighted by atomic mass is 10.1. The molecule has 0 spiro atoms. The van der Waals surface area contributed by atoms with Crippen molar-refractivity contribution in [2.75, 3.05) is 32.1 Å². The van der Waals surface area contributed by atoms with Crippen LogP contribution in [-0.2, 0) is 10.0 Å². The number of nitrogens with one attached hydrogen (secondary N) is 2. The lowest BCUT2D eigenvalue weighted by Gasteiger charge is -2.20. The van der Waals surface area contributed by atoms with Crippen LogP contribution in [0.5, 0.6) is 11.5 Å². The number of halogens is 1. The van der Waals surface area contributed by atoms with Gasteiger partial charge in [0.25, 0.3) is 0 Å². The number of nitrogens with two attached hydrogens (primary N) is 1. The molecule has 0 aliphatic heterocycles. The molecule has 1 aromatic carbocycles. The zero-order valence-corrected chi connectivity index (χ0v) is 19.5.